The second-order valence-electron chi connectivity index (χ2n) is 7.65. The number of methoxy groups -OCH3 is 1. The minimum absolute atomic E-state index is 0.00643. The van der Waals surface area contributed by atoms with E-state index in [1.165, 1.54) is 12.1 Å². The third-order valence-corrected chi connectivity index (χ3v) is 5.35. The lowest BCUT2D eigenvalue weighted by Crippen LogP contribution is -2.34. The average molecular weight is 460 g/mol. The molecule has 9 heteroatoms. The van der Waals surface area contributed by atoms with Crippen LogP contribution in [0.4, 0.5) is 5.69 Å². The first kappa shape index (κ1) is 22.9. The van der Waals surface area contributed by atoms with Crippen LogP contribution in [0.1, 0.15) is 11.3 Å². The fraction of sp³-hybridized carbons (Fsp3) is 0.200. The van der Waals surface area contributed by atoms with Gasteiger partial charge in [0.1, 0.15) is 5.76 Å². The summed E-state index contributed by atoms with van der Waals surface area (Å²) < 4.78 is 12.3. The van der Waals surface area contributed by atoms with Crippen LogP contribution in [0.3, 0.4) is 0 Å². The number of non-ortho nitro benzene ring substituents is 1. The van der Waals surface area contributed by atoms with Gasteiger partial charge in [-0.3, -0.25) is 14.9 Å². The van der Waals surface area contributed by atoms with Crippen LogP contribution < -0.4 is 0 Å². The average Bonchev–Trinajstić information content (AvgIpc) is 3.52. The number of carbonyl (C=O) groups is 1. The lowest BCUT2D eigenvalue weighted by molar-refractivity contribution is -0.384. The topological polar surface area (TPSA) is 104 Å². The van der Waals surface area contributed by atoms with Gasteiger partial charge < -0.3 is 14.1 Å². The van der Waals surface area contributed by atoms with E-state index >= 15 is 0 Å². The molecule has 0 atom stereocenters. The van der Waals surface area contributed by atoms with Crippen molar-refractivity contribution >= 4 is 11.6 Å². The Bertz CT molecular complexity index is 1230. The number of hydrogen-bond acceptors (Lipinski definition) is 6. The molecular weight excluding hydrogens is 436 g/mol. The van der Waals surface area contributed by atoms with Crippen molar-refractivity contribution in [3.05, 3.63) is 101 Å². The number of amides is 1. The Hall–Kier alpha value is -4.24. The third kappa shape index (κ3) is 5.38. The molecule has 0 N–H and O–H groups in total. The van der Waals surface area contributed by atoms with Gasteiger partial charge in [0.05, 0.1) is 42.1 Å². The van der Waals surface area contributed by atoms with Gasteiger partial charge in [0.2, 0.25) is 5.91 Å². The lowest BCUT2D eigenvalue weighted by atomic mass is 10.0. The summed E-state index contributed by atoms with van der Waals surface area (Å²) in [5.41, 5.74) is 2.84. The highest BCUT2D eigenvalue weighted by atomic mass is 16.6. The molecule has 34 heavy (non-hydrogen) atoms. The molecule has 174 valence electrons. The number of aromatic nitrogens is 2. The molecule has 9 nitrogen and oxygen atoms in total. The molecule has 4 aromatic rings. The molecule has 2 aromatic carbocycles. The van der Waals surface area contributed by atoms with Crippen molar-refractivity contribution in [3.8, 4) is 16.9 Å². The van der Waals surface area contributed by atoms with Crippen LogP contribution in [0.5, 0.6) is 0 Å². The number of para-hydroxylation sites is 1. The highest BCUT2D eigenvalue weighted by molar-refractivity contribution is 5.81. The van der Waals surface area contributed by atoms with E-state index in [0.717, 1.165) is 5.69 Å². The van der Waals surface area contributed by atoms with Gasteiger partial charge in [-0.1, -0.05) is 18.2 Å². The summed E-state index contributed by atoms with van der Waals surface area (Å²) in [6.45, 7) is 1.13. The van der Waals surface area contributed by atoms with Gasteiger partial charge in [-0.2, -0.15) is 5.10 Å². The number of nitro groups is 1. The number of hydrogen-bond donors (Lipinski definition) is 0. The first-order chi connectivity index (χ1) is 16.5. The zero-order valence-electron chi connectivity index (χ0n) is 18.7. The van der Waals surface area contributed by atoms with Gasteiger partial charge in [-0.15, -0.1) is 0 Å². The quantitative estimate of drug-likeness (QED) is 0.259. The number of nitrogens with zero attached hydrogens (tertiary/aromatic N) is 4. The molecular formula is C25H24N4O5. The fourth-order valence-corrected chi connectivity index (χ4v) is 3.59. The zero-order chi connectivity index (χ0) is 23.9. The molecule has 0 aliphatic rings. The first-order valence-electron chi connectivity index (χ1n) is 10.7. The maximum absolute atomic E-state index is 13.3. The molecule has 4 rings (SSSR count). The highest BCUT2D eigenvalue weighted by Gasteiger charge is 2.21. The first-order valence-corrected chi connectivity index (χ1v) is 10.7. The van der Waals surface area contributed by atoms with E-state index in [-0.39, 0.29) is 18.0 Å². The smallest absolute Gasteiger partial charge is 0.269 e. The molecule has 1 amide bonds. The molecule has 0 saturated heterocycles. The normalized spacial score (nSPS) is 10.9. The second kappa shape index (κ2) is 10.6. The SMILES string of the molecule is COCCN(Cc1ccco1)C(=O)Cc1cn(-c2ccccc2)nc1-c1ccc([N+](=O)[O-])cc1. The van der Waals surface area contributed by atoms with Crippen LogP contribution >= 0.6 is 0 Å². The highest BCUT2D eigenvalue weighted by Crippen LogP contribution is 2.27. The molecule has 0 spiro atoms. The summed E-state index contributed by atoms with van der Waals surface area (Å²) in [6.07, 6.45) is 3.50. The van der Waals surface area contributed by atoms with Crippen molar-refractivity contribution in [1.29, 1.82) is 0 Å². The fourth-order valence-electron chi connectivity index (χ4n) is 3.59. The minimum Gasteiger partial charge on any atom is -0.467 e. The predicted molar refractivity (Wildman–Crippen MR) is 125 cm³/mol. The Balaban J connectivity index is 1.66. The Morgan fingerprint density at radius 3 is 2.53 bits per heavy atom. The molecule has 0 radical (unpaired) electrons. The van der Waals surface area contributed by atoms with E-state index in [4.69, 9.17) is 14.3 Å². The lowest BCUT2D eigenvalue weighted by Gasteiger charge is -2.21. The zero-order valence-corrected chi connectivity index (χ0v) is 18.7. The van der Waals surface area contributed by atoms with Gasteiger partial charge in [0.25, 0.3) is 5.69 Å². The maximum Gasteiger partial charge on any atom is 0.269 e. The summed E-state index contributed by atoms with van der Waals surface area (Å²) in [7, 11) is 1.59. The summed E-state index contributed by atoms with van der Waals surface area (Å²) in [5.74, 6) is 0.573. The van der Waals surface area contributed by atoms with E-state index in [0.29, 0.717) is 42.3 Å². The second-order valence-corrected chi connectivity index (χ2v) is 7.65. The van der Waals surface area contributed by atoms with E-state index in [9.17, 15) is 14.9 Å². The standard InChI is InChI=1S/C25H24N4O5/c1-33-15-13-27(18-23-8-5-14-34-23)24(30)16-20-17-28(21-6-3-2-4-7-21)26-25(20)19-9-11-22(12-10-19)29(31)32/h2-12,14,17H,13,15-16,18H2,1H3. The van der Waals surface area contributed by atoms with Crippen molar-refractivity contribution in [1.82, 2.24) is 14.7 Å². The minimum atomic E-state index is -0.445. The molecule has 0 saturated carbocycles. The largest absolute Gasteiger partial charge is 0.467 e. The van der Waals surface area contributed by atoms with Gasteiger partial charge in [-0.25, -0.2) is 4.68 Å². The summed E-state index contributed by atoms with van der Waals surface area (Å²) >= 11 is 0. The number of ether oxygens (including phenoxy) is 1. The number of carbonyl (C=O) groups excluding carboxylic acids is 1. The molecule has 2 aromatic heterocycles. The number of benzene rings is 2. The predicted octanol–water partition coefficient (Wildman–Crippen LogP) is 4.26. The summed E-state index contributed by atoms with van der Waals surface area (Å²) in [5, 5.41) is 15.8. The third-order valence-electron chi connectivity index (χ3n) is 5.35. The van der Waals surface area contributed by atoms with Gasteiger partial charge in [0, 0.05) is 43.1 Å². The Kier molecular flexibility index (Phi) is 7.14. The Morgan fingerprint density at radius 2 is 1.88 bits per heavy atom. The molecule has 0 fully saturated rings. The Morgan fingerprint density at radius 1 is 1.12 bits per heavy atom. The number of rotatable bonds is 10. The number of furan rings is 1. The van der Waals surface area contributed by atoms with Crippen molar-refractivity contribution in [2.24, 2.45) is 0 Å². The van der Waals surface area contributed by atoms with E-state index in [1.54, 1.807) is 41.2 Å². The van der Waals surface area contributed by atoms with Crippen molar-refractivity contribution in [2.75, 3.05) is 20.3 Å². The van der Waals surface area contributed by atoms with Crippen LogP contribution in [0.25, 0.3) is 16.9 Å². The van der Waals surface area contributed by atoms with E-state index in [2.05, 4.69) is 0 Å². The van der Waals surface area contributed by atoms with Crippen LogP contribution in [-0.4, -0.2) is 45.8 Å². The maximum atomic E-state index is 13.3. The van der Waals surface area contributed by atoms with Gasteiger partial charge in [-0.05, 0) is 36.4 Å². The van der Waals surface area contributed by atoms with Gasteiger partial charge in [0.15, 0.2) is 0 Å². The van der Waals surface area contributed by atoms with E-state index in [1.807, 2.05) is 42.6 Å². The van der Waals surface area contributed by atoms with Crippen molar-refractivity contribution in [2.45, 2.75) is 13.0 Å². The number of nitro benzene ring substituents is 1. The molecule has 0 unspecified atom stereocenters. The molecule has 0 aliphatic heterocycles. The van der Waals surface area contributed by atoms with Crippen molar-refractivity contribution < 1.29 is 18.9 Å². The van der Waals surface area contributed by atoms with E-state index < -0.39 is 4.92 Å². The Labute approximate surface area is 196 Å². The van der Waals surface area contributed by atoms with Crippen LogP contribution in [0, 0.1) is 10.1 Å². The molecule has 0 bridgehead atoms. The molecule has 0 aliphatic carbocycles. The summed E-state index contributed by atoms with van der Waals surface area (Å²) in [4.78, 5) is 25.6. The van der Waals surface area contributed by atoms with Crippen LogP contribution in [0.2, 0.25) is 0 Å². The summed E-state index contributed by atoms with van der Waals surface area (Å²) in [6, 6.07) is 19.3. The molecule has 2 heterocycles. The van der Waals surface area contributed by atoms with Crippen LogP contribution in [-0.2, 0) is 22.5 Å². The van der Waals surface area contributed by atoms with Crippen molar-refractivity contribution in [3.63, 3.8) is 0 Å². The van der Waals surface area contributed by atoms with Gasteiger partial charge >= 0.3 is 0 Å². The van der Waals surface area contributed by atoms with Crippen LogP contribution in [0.15, 0.2) is 83.6 Å². The monoisotopic (exact) mass is 460 g/mol.